The van der Waals surface area contributed by atoms with E-state index in [0.717, 1.165) is 17.9 Å². The molecule has 1 atom stereocenters. The number of rotatable bonds is 5. The molecular weight excluding hydrogens is 224 g/mol. The third-order valence-corrected chi connectivity index (χ3v) is 3.67. The second-order valence-corrected chi connectivity index (χ2v) is 5.10. The zero-order valence-corrected chi connectivity index (χ0v) is 11.5. The van der Waals surface area contributed by atoms with Crippen LogP contribution in [0.25, 0.3) is 0 Å². The van der Waals surface area contributed by atoms with Crippen molar-refractivity contribution in [2.45, 2.75) is 39.2 Å². The molecule has 2 rings (SSSR count). The lowest BCUT2D eigenvalue weighted by Gasteiger charge is -2.24. The molecule has 1 aliphatic heterocycles. The molecule has 18 heavy (non-hydrogen) atoms. The Morgan fingerprint density at radius 3 is 2.67 bits per heavy atom. The van der Waals surface area contributed by atoms with Gasteiger partial charge in [-0.3, -0.25) is 0 Å². The van der Waals surface area contributed by atoms with Crippen LogP contribution in [0.1, 0.15) is 32.3 Å². The molecule has 1 aromatic carbocycles. The van der Waals surface area contributed by atoms with Crippen LogP contribution in [0.3, 0.4) is 0 Å². The largest absolute Gasteiger partial charge is 0.492 e. The van der Waals surface area contributed by atoms with Crippen molar-refractivity contribution in [3.05, 3.63) is 23.8 Å². The summed E-state index contributed by atoms with van der Waals surface area (Å²) in [6.45, 7) is 7.43. The number of nitrogens with zero attached hydrogens (tertiary/aromatic N) is 1. The standard InChI is InChI=1S/C15H24N2O/c1-3-18-15-7-6-13(11-14(15)16)10-12(2)17-8-4-5-9-17/h6-7,11-12H,3-5,8-10,16H2,1-2H3. The lowest BCUT2D eigenvalue weighted by atomic mass is 10.1. The molecule has 1 fully saturated rings. The van der Waals surface area contributed by atoms with Crippen LogP contribution in [0.4, 0.5) is 5.69 Å². The fourth-order valence-electron chi connectivity index (χ4n) is 2.66. The van der Waals surface area contributed by atoms with E-state index in [9.17, 15) is 0 Å². The quantitative estimate of drug-likeness (QED) is 0.814. The van der Waals surface area contributed by atoms with Crippen LogP contribution in [0.15, 0.2) is 18.2 Å². The van der Waals surface area contributed by atoms with Gasteiger partial charge >= 0.3 is 0 Å². The predicted molar refractivity (Wildman–Crippen MR) is 76.0 cm³/mol. The van der Waals surface area contributed by atoms with E-state index in [4.69, 9.17) is 10.5 Å². The number of anilines is 1. The van der Waals surface area contributed by atoms with E-state index in [0.29, 0.717) is 12.6 Å². The average molecular weight is 248 g/mol. The highest BCUT2D eigenvalue weighted by Crippen LogP contribution is 2.24. The van der Waals surface area contributed by atoms with Gasteiger partial charge in [0, 0.05) is 6.04 Å². The summed E-state index contributed by atoms with van der Waals surface area (Å²) >= 11 is 0. The van der Waals surface area contributed by atoms with Crippen molar-refractivity contribution < 1.29 is 4.74 Å². The summed E-state index contributed by atoms with van der Waals surface area (Å²) in [4.78, 5) is 2.56. The number of nitrogens with two attached hydrogens (primary N) is 1. The number of likely N-dealkylation sites (tertiary alicyclic amines) is 1. The van der Waals surface area contributed by atoms with Gasteiger partial charge in [0.15, 0.2) is 0 Å². The Hall–Kier alpha value is -1.22. The molecule has 2 N–H and O–H groups in total. The Balaban J connectivity index is 1.98. The molecule has 1 saturated heterocycles. The summed E-state index contributed by atoms with van der Waals surface area (Å²) in [6.07, 6.45) is 3.75. The predicted octanol–water partition coefficient (Wildman–Crippen LogP) is 2.69. The summed E-state index contributed by atoms with van der Waals surface area (Å²) < 4.78 is 5.46. The van der Waals surface area contributed by atoms with Crippen LogP contribution < -0.4 is 10.5 Å². The van der Waals surface area contributed by atoms with Gasteiger partial charge in [0.2, 0.25) is 0 Å². The van der Waals surface area contributed by atoms with Crippen LogP contribution in [0, 0.1) is 0 Å². The molecule has 0 spiro atoms. The van der Waals surface area contributed by atoms with Gasteiger partial charge in [0.1, 0.15) is 5.75 Å². The lowest BCUT2D eigenvalue weighted by molar-refractivity contribution is 0.257. The zero-order valence-electron chi connectivity index (χ0n) is 11.5. The fourth-order valence-corrected chi connectivity index (χ4v) is 2.66. The Bertz CT molecular complexity index is 386. The minimum absolute atomic E-state index is 0.602. The summed E-state index contributed by atoms with van der Waals surface area (Å²) in [5.41, 5.74) is 8.05. The third-order valence-electron chi connectivity index (χ3n) is 3.67. The molecule has 1 heterocycles. The van der Waals surface area contributed by atoms with Gasteiger partial charge in [0.05, 0.1) is 12.3 Å². The molecule has 1 aromatic rings. The maximum Gasteiger partial charge on any atom is 0.142 e. The van der Waals surface area contributed by atoms with Crippen molar-refractivity contribution >= 4 is 5.69 Å². The molecule has 1 unspecified atom stereocenters. The molecule has 3 heteroatoms. The third kappa shape index (κ3) is 3.16. The van der Waals surface area contributed by atoms with Crippen molar-refractivity contribution in [2.24, 2.45) is 0 Å². The fraction of sp³-hybridized carbons (Fsp3) is 0.600. The summed E-state index contributed by atoms with van der Waals surface area (Å²) in [5, 5.41) is 0. The number of nitrogen functional groups attached to an aromatic ring is 1. The van der Waals surface area contributed by atoms with Gasteiger partial charge in [0.25, 0.3) is 0 Å². The minimum atomic E-state index is 0.602. The highest BCUT2D eigenvalue weighted by Gasteiger charge is 2.18. The Morgan fingerprint density at radius 2 is 2.06 bits per heavy atom. The number of benzene rings is 1. The van der Waals surface area contributed by atoms with Crippen molar-refractivity contribution in [3.8, 4) is 5.75 Å². The molecule has 3 nitrogen and oxygen atoms in total. The maximum absolute atomic E-state index is 6.00. The maximum atomic E-state index is 6.00. The first-order chi connectivity index (χ1) is 8.70. The Kier molecular flexibility index (Phi) is 4.48. The number of ether oxygens (including phenoxy) is 1. The molecule has 0 radical (unpaired) electrons. The molecule has 0 amide bonds. The van der Waals surface area contributed by atoms with E-state index in [1.165, 1.54) is 31.5 Å². The zero-order chi connectivity index (χ0) is 13.0. The van der Waals surface area contributed by atoms with Crippen molar-refractivity contribution in [2.75, 3.05) is 25.4 Å². The van der Waals surface area contributed by atoms with Gasteiger partial charge in [-0.25, -0.2) is 0 Å². The van der Waals surface area contributed by atoms with E-state index in [1.54, 1.807) is 0 Å². The Morgan fingerprint density at radius 1 is 1.33 bits per heavy atom. The lowest BCUT2D eigenvalue weighted by Crippen LogP contribution is -2.31. The normalized spacial score (nSPS) is 17.9. The average Bonchev–Trinajstić information content (AvgIpc) is 2.86. The summed E-state index contributed by atoms with van der Waals surface area (Å²) in [7, 11) is 0. The van der Waals surface area contributed by atoms with Crippen LogP contribution in [0.2, 0.25) is 0 Å². The molecule has 0 aliphatic carbocycles. The molecule has 0 aromatic heterocycles. The molecule has 1 aliphatic rings. The number of hydrogen-bond donors (Lipinski definition) is 1. The van der Waals surface area contributed by atoms with E-state index < -0.39 is 0 Å². The monoisotopic (exact) mass is 248 g/mol. The van der Waals surface area contributed by atoms with Crippen LogP contribution in [-0.2, 0) is 6.42 Å². The van der Waals surface area contributed by atoms with E-state index in [-0.39, 0.29) is 0 Å². The van der Waals surface area contributed by atoms with Gasteiger partial charge in [-0.1, -0.05) is 6.07 Å². The highest BCUT2D eigenvalue weighted by molar-refractivity contribution is 5.54. The van der Waals surface area contributed by atoms with Crippen molar-refractivity contribution in [1.82, 2.24) is 4.90 Å². The van der Waals surface area contributed by atoms with E-state index in [1.807, 2.05) is 13.0 Å². The highest BCUT2D eigenvalue weighted by atomic mass is 16.5. The van der Waals surface area contributed by atoms with E-state index >= 15 is 0 Å². The first-order valence-corrected chi connectivity index (χ1v) is 6.96. The second kappa shape index (κ2) is 6.10. The van der Waals surface area contributed by atoms with Crippen LogP contribution >= 0.6 is 0 Å². The van der Waals surface area contributed by atoms with Gasteiger partial charge in [-0.05, 0) is 63.9 Å². The first kappa shape index (κ1) is 13.2. The Labute approximate surface area is 110 Å². The van der Waals surface area contributed by atoms with Crippen molar-refractivity contribution in [1.29, 1.82) is 0 Å². The van der Waals surface area contributed by atoms with Gasteiger partial charge in [-0.2, -0.15) is 0 Å². The number of hydrogen-bond acceptors (Lipinski definition) is 3. The second-order valence-electron chi connectivity index (χ2n) is 5.10. The first-order valence-electron chi connectivity index (χ1n) is 6.96. The van der Waals surface area contributed by atoms with E-state index in [2.05, 4.69) is 24.0 Å². The summed E-state index contributed by atoms with van der Waals surface area (Å²) in [5.74, 6) is 0.801. The smallest absolute Gasteiger partial charge is 0.142 e. The molecule has 0 bridgehead atoms. The van der Waals surface area contributed by atoms with Crippen LogP contribution in [0.5, 0.6) is 5.75 Å². The topological polar surface area (TPSA) is 38.5 Å². The summed E-state index contributed by atoms with van der Waals surface area (Å²) in [6, 6.07) is 6.78. The SMILES string of the molecule is CCOc1ccc(CC(C)N2CCCC2)cc1N. The van der Waals surface area contributed by atoms with Gasteiger partial charge < -0.3 is 15.4 Å². The van der Waals surface area contributed by atoms with Crippen LogP contribution in [-0.4, -0.2) is 30.6 Å². The molecule has 0 saturated carbocycles. The molecule has 100 valence electrons. The minimum Gasteiger partial charge on any atom is -0.492 e. The van der Waals surface area contributed by atoms with Crippen molar-refractivity contribution in [3.63, 3.8) is 0 Å². The van der Waals surface area contributed by atoms with Gasteiger partial charge in [-0.15, -0.1) is 0 Å². The molecular formula is C15H24N2O.